The standard InChI is InChI=1S/C28H22F3N5O3/c1-3-39-27(38)23-16-36-14-11-19(17-7-5-4-6-8-17)24(25(36)32-23)33-26(37)18-9-10-21(28(29,30)31)20(15-18)22-12-13-35(2)34-22/h4-16H,3H2,1-2H3,(H,33,37). The molecule has 0 unspecified atom stereocenters. The number of aromatic nitrogens is 4. The molecule has 0 atom stereocenters. The van der Waals surface area contributed by atoms with E-state index in [9.17, 15) is 22.8 Å². The van der Waals surface area contributed by atoms with Crippen LogP contribution in [0.4, 0.5) is 18.9 Å². The molecule has 2 aromatic carbocycles. The van der Waals surface area contributed by atoms with Crippen LogP contribution in [0.15, 0.2) is 79.3 Å². The van der Waals surface area contributed by atoms with Gasteiger partial charge < -0.3 is 14.5 Å². The molecule has 11 heteroatoms. The number of esters is 1. The molecule has 0 saturated heterocycles. The van der Waals surface area contributed by atoms with E-state index in [1.165, 1.54) is 29.2 Å². The van der Waals surface area contributed by atoms with E-state index in [0.717, 1.165) is 17.7 Å². The van der Waals surface area contributed by atoms with E-state index >= 15 is 0 Å². The number of benzene rings is 2. The van der Waals surface area contributed by atoms with Crippen LogP contribution in [0.1, 0.15) is 33.3 Å². The summed E-state index contributed by atoms with van der Waals surface area (Å²) >= 11 is 0. The molecule has 5 aromatic rings. The number of hydrogen-bond donors (Lipinski definition) is 1. The molecule has 3 heterocycles. The molecule has 198 valence electrons. The molecule has 1 amide bonds. The van der Waals surface area contributed by atoms with E-state index in [0.29, 0.717) is 5.56 Å². The minimum Gasteiger partial charge on any atom is -0.461 e. The lowest BCUT2D eigenvalue weighted by Crippen LogP contribution is -2.15. The average molecular weight is 534 g/mol. The van der Waals surface area contributed by atoms with Gasteiger partial charge in [0.15, 0.2) is 11.3 Å². The van der Waals surface area contributed by atoms with Crippen LogP contribution in [-0.4, -0.2) is 37.6 Å². The van der Waals surface area contributed by atoms with Crippen LogP contribution in [0.5, 0.6) is 0 Å². The van der Waals surface area contributed by atoms with Gasteiger partial charge >= 0.3 is 12.1 Å². The SMILES string of the molecule is CCOC(=O)c1cn2ccc(-c3ccccc3)c(NC(=O)c3ccc(C(F)(F)F)c(-c4ccn(C)n4)c3)c2n1. The van der Waals surface area contributed by atoms with Gasteiger partial charge in [0.2, 0.25) is 0 Å². The molecule has 0 radical (unpaired) electrons. The fraction of sp³-hybridized carbons (Fsp3) is 0.143. The summed E-state index contributed by atoms with van der Waals surface area (Å²) in [7, 11) is 1.59. The Balaban J connectivity index is 1.61. The van der Waals surface area contributed by atoms with Gasteiger partial charge in [-0.1, -0.05) is 30.3 Å². The Kier molecular flexibility index (Phi) is 6.65. The predicted octanol–water partition coefficient (Wildman–Crippen LogP) is 5.85. The zero-order valence-corrected chi connectivity index (χ0v) is 20.9. The van der Waals surface area contributed by atoms with Gasteiger partial charge in [0.1, 0.15) is 0 Å². The molecule has 0 aliphatic heterocycles. The third-order valence-electron chi connectivity index (χ3n) is 6.01. The molecule has 1 N–H and O–H groups in total. The van der Waals surface area contributed by atoms with E-state index in [2.05, 4.69) is 15.4 Å². The van der Waals surface area contributed by atoms with Gasteiger partial charge in [0.25, 0.3) is 5.91 Å². The molecule has 0 saturated carbocycles. The number of ether oxygens (including phenoxy) is 1. The second-order valence-corrected chi connectivity index (χ2v) is 8.63. The summed E-state index contributed by atoms with van der Waals surface area (Å²) in [6.45, 7) is 1.84. The van der Waals surface area contributed by atoms with E-state index in [1.54, 1.807) is 30.6 Å². The van der Waals surface area contributed by atoms with Crippen LogP contribution in [0.25, 0.3) is 28.0 Å². The summed E-state index contributed by atoms with van der Waals surface area (Å²) in [5, 5.41) is 6.91. The molecule has 0 spiro atoms. The number of alkyl halides is 3. The highest BCUT2D eigenvalue weighted by Gasteiger charge is 2.34. The Morgan fingerprint density at radius 2 is 1.77 bits per heavy atom. The van der Waals surface area contributed by atoms with Crippen LogP contribution >= 0.6 is 0 Å². The third kappa shape index (κ3) is 5.11. The van der Waals surface area contributed by atoms with E-state index in [1.807, 2.05) is 30.3 Å². The van der Waals surface area contributed by atoms with E-state index < -0.39 is 23.6 Å². The number of nitrogens with zero attached hydrogens (tertiary/aromatic N) is 4. The van der Waals surface area contributed by atoms with Gasteiger partial charge in [-0.2, -0.15) is 18.3 Å². The second-order valence-electron chi connectivity index (χ2n) is 8.63. The van der Waals surface area contributed by atoms with E-state index in [4.69, 9.17) is 4.74 Å². The summed E-state index contributed by atoms with van der Waals surface area (Å²) in [4.78, 5) is 30.2. The van der Waals surface area contributed by atoms with Crippen molar-refractivity contribution in [2.24, 2.45) is 7.05 Å². The number of rotatable bonds is 6. The summed E-state index contributed by atoms with van der Waals surface area (Å²) < 4.78 is 49.3. The topological polar surface area (TPSA) is 90.5 Å². The number of carbonyl (C=O) groups excluding carboxylic acids is 2. The van der Waals surface area contributed by atoms with Crippen molar-refractivity contribution in [2.45, 2.75) is 13.1 Å². The lowest BCUT2D eigenvalue weighted by molar-refractivity contribution is -0.137. The summed E-state index contributed by atoms with van der Waals surface area (Å²) in [5.41, 5.74) is 0.908. The first-order chi connectivity index (χ1) is 18.7. The van der Waals surface area contributed by atoms with Crippen LogP contribution in [0.2, 0.25) is 0 Å². The van der Waals surface area contributed by atoms with Crippen LogP contribution in [0, 0.1) is 0 Å². The van der Waals surface area contributed by atoms with Crippen LogP contribution < -0.4 is 5.32 Å². The first kappa shape index (κ1) is 25.7. The molecular weight excluding hydrogens is 511 g/mol. The number of amides is 1. The van der Waals surface area contributed by atoms with Gasteiger partial charge in [-0.25, -0.2) is 9.78 Å². The molecule has 0 fully saturated rings. The number of nitrogens with one attached hydrogen (secondary N) is 1. The normalized spacial score (nSPS) is 11.5. The highest BCUT2D eigenvalue weighted by molar-refractivity contribution is 6.09. The highest BCUT2D eigenvalue weighted by atomic mass is 19.4. The van der Waals surface area contributed by atoms with Gasteiger partial charge in [0, 0.05) is 42.3 Å². The van der Waals surface area contributed by atoms with Gasteiger partial charge in [-0.05, 0) is 42.8 Å². The lowest BCUT2D eigenvalue weighted by atomic mass is 10.00. The van der Waals surface area contributed by atoms with Crippen molar-refractivity contribution >= 4 is 23.2 Å². The largest absolute Gasteiger partial charge is 0.461 e. The Labute approximate surface area is 220 Å². The fourth-order valence-corrected chi connectivity index (χ4v) is 4.22. The van der Waals surface area contributed by atoms with E-state index in [-0.39, 0.29) is 40.5 Å². The zero-order chi connectivity index (χ0) is 27.7. The number of anilines is 1. The average Bonchev–Trinajstić information content (AvgIpc) is 3.55. The van der Waals surface area contributed by atoms with Crippen molar-refractivity contribution in [3.63, 3.8) is 0 Å². The van der Waals surface area contributed by atoms with Crippen molar-refractivity contribution in [3.05, 3.63) is 96.1 Å². The fourth-order valence-electron chi connectivity index (χ4n) is 4.22. The first-order valence-electron chi connectivity index (χ1n) is 11.9. The third-order valence-corrected chi connectivity index (χ3v) is 6.01. The number of pyridine rings is 1. The van der Waals surface area contributed by atoms with Crippen molar-refractivity contribution in [2.75, 3.05) is 11.9 Å². The number of fused-ring (bicyclic) bond motifs is 1. The minimum atomic E-state index is -4.65. The minimum absolute atomic E-state index is 0.0122. The molecule has 0 aliphatic carbocycles. The maximum atomic E-state index is 13.8. The number of carbonyl (C=O) groups is 2. The van der Waals surface area contributed by atoms with Crippen molar-refractivity contribution < 1.29 is 27.5 Å². The number of halogens is 3. The quantitative estimate of drug-likeness (QED) is 0.277. The Morgan fingerprint density at radius 3 is 2.44 bits per heavy atom. The maximum Gasteiger partial charge on any atom is 0.417 e. The lowest BCUT2D eigenvalue weighted by Gasteiger charge is -2.15. The number of imidazole rings is 1. The Hall–Kier alpha value is -4.93. The van der Waals surface area contributed by atoms with Crippen molar-refractivity contribution in [1.29, 1.82) is 0 Å². The molecular formula is C28H22F3N5O3. The molecule has 0 bridgehead atoms. The first-order valence-corrected chi connectivity index (χ1v) is 11.9. The smallest absolute Gasteiger partial charge is 0.417 e. The van der Waals surface area contributed by atoms with Gasteiger partial charge in [-0.15, -0.1) is 0 Å². The predicted molar refractivity (Wildman–Crippen MR) is 138 cm³/mol. The maximum absolute atomic E-state index is 13.8. The molecule has 0 aliphatic rings. The summed E-state index contributed by atoms with van der Waals surface area (Å²) in [6, 6.07) is 15.5. The van der Waals surface area contributed by atoms with Crippen LogP contribution in [0.3, 0.4) is 0 Å². The van der Waals surface area contributed by atoms with Gasteiger partial charge in [0.05, 0.1) is 23.6 Å². The Morgan fingerprint density at radius 1 is 1.00 bits per heavy atom. The summed E-state index contributed by atoms with van der Waals surface area (Å²) in [6.07, 6.45) is 0.0528. The number of aryl methyl sites for hydroxylation is 1. The molecule has 39 heavy (non-hydrogen) atoms. The van der Waals surface area contributed by atoms with Gasteiger partial charge in [-0.3, -0.25) is 9.48 Å². The highest BCUT2D eigenvalue weighted by Crippen LogP contribution is 2.38. The molecule has 8 nitrogen and oxygen atoms in total. The second kappa shape index (κ2) is 10.1. The monoisotopic (exact) mass is 533 g/mol. The Bertz CT molecular complexity index is 1690. The summed E-state index contributed by atoms with van der Waals surface area (Å²) in [5.74, 6) is -1.28. The van der Waals surface area contributed by atoms with Crippen molar-refractivity contribution in [3.8, 4) is 22.4 Å². The zero-order valence-electron chi connectivity index (χ0n) is 20.9. The molecule has 5 rings (SSSR count). The van der Waals surface area contributed by atoms with Crippen molar-refractivity contribution in [1.82, 2.24) is 19.2 Å². The number of hydrogen-bond acceptors (Lipinski definition) is 5. The molecule has 3 aromatic heterocycles. The van der Waals surface area contributed by atoms with Crippen LogP contribution in [-0.2, 0) is 18.0 Å².